The number of nitrogens with zero attached hydrogens (tertiary/aromatic N) is 2. The number of imidazole rings is 1. The quantitative estimate of drug-likeness (QED) is 0.283. The largest absolute Gasteiger partial charge is 0.416 e. The first kappa shape index (κ1) is 23.3. The van der Waals surface area contributed by atoms with Gasteiger partial charge in [0.2, 0.25) is 0 Å². The van der Waals surface area contributed by atoms with Gasteiger partial charge in [0, 0.05) is 16.8 Å². The van der Waals surface area contributed by atoms with E-state index in [0.29, 0.717) is 28.2 Å². The lowest BCUT2D eigenvalue weighted by atomic mass is 9.98. The first-order chi connectivity index (χ1) is 17.2. The first-order valence-corrected chi connectivity index (χ1v) is 11.2. The van der Waals surface area contributed by atoms with Gasteiger partial charge in [0.15, 0.2) is 0 Å². The number of fused-ring (bicyclic) bond motifs is 1. The standard InChI is InChI=1S/C28H21F3N4O/c1-16-13-19(18-7-10-20(11-8-18)28(29,30)31)9-12-22(16)27(36)33-21-14-23(17(2)32-15-21)26-34-24-5-3-4-6-25(24)35-26/h3-15H,1-2H3,(H,33,36)(H,34,35). The van der Waals surface area contributed by atoms with Gasteiger partial charge in [-0.05, 0) is 66.9 Å². The number of H-pyrrole nitrogens is 1. The molecule has 0 aliphatic carbocycles. The number of benzene rings is 3. The highest BCUT2D eigenvalue weighted by molar-refractivity contribution is 6.05. The van der Waals surface area contributed by atoms with Crippen LogP contribution in [0.1, 0.15) is 27.2 Å². The van der Waals surface area contributed by atoms with E-state index in [1.807, 2.05) is 37.3 Å². The van der Waals surface area contributed by atoms with Crippen molar-refractivity contribution in [2.24, 2.45) is 0 Å². The Balaban J connectivity index is 1.37. The van der Waals surface area contributed by atoms with Gasteiger partial charge < -0.3 is 10.3 Å². The molecule has 5 aromatic rings. The molecule has 0 radical (unpaired) electrons. The molecule has 0 atom stereocenters. The molecule has 0 spiro atoms. The number of anilines is 1. The van der Waals surface area contributed by atoms with Crippen LogP contribution in [0.4, 0.5) is 18.9 Å². The van der Waals surface area contributed by atoms with E-state index in [0.717, 1.165) is 40.0 Å². The summed E-state index contributed by atoms with van der Waals surface area (Å²) in [5.41, 5.74) is 5.62. The van der Waals surface area contributed by atoms with Gasteiger partial charge in [-0.15, -0.1) is 0 Å². The van der Waals surface area contributed by atoms with Crippen molar-refractivity contribution in [2.45, 2.75) is 20.0 Å². The highest BCUT2D eigenvalue weighted by Gasteiger charge is 2.30. The minimum atomic E-state index is -4.38. The van der Waals surface area contributed by atoms with E-state index in [1.165, 1.54) is 12.1 Å². The number of aromatic amines is 1. The number of pyridine rings is 1. The molecule has 2 aromatic heterocycles. The predicted octanol–water partition coefficient (Wildman–Crippen LogP) is 7.18. The number of hydrogen-bond donors (Lipinski definition) is 2. The highest BCUT2D eigenvalue weighted by atomic mass is 19.4. The van der Waals surface area contributed by atoms with E-state index in [2.05, 4.69) is 20.3 Å². The van der Waals surface area contributed by atoms with Crippen LogP contribution in [0.2, 0.25) is 0 Å². The topological polar surface area (TPSA) is 70.7 Å². The Bertz CT molecular complexity index is 1550. The Hall–Kier alpha value is -4.46. The first-order valence-electron chi connectivity index (χ1n) is 11.2. The van der Waals surface area contributed by atoms with Crippen molar-refractivity contribution < 1.29 is 18.0 Å². The van der Waals surface area contributed by atoms with Gasteiger partial charge in [-0.1, -0.05) is 36.4 Å². The van der Waals surface area contributed by atoms with Gasteiger partial charge in [0.05, 0.1) is 28.5 Å². The highest BCUT2D eigenvalue weighted by Crippen LogP contribution is 2.32. The second-order valence-electron chi connectivity index (χ2n) is 8.52. The predicted molar refractivity (Wildman–Crippen MR) is 134 cm³/mol. The van der Waals surface area contributed by atoms with Crippen LogP contribution < -0.4 is 5.32 Å². The second-order valence-corrected chi connectivity index (χ2v) is 8.52. The van der Waals surface area contributed by atoms with Crippen LogP contribution in [0, 0.1) is 13.8 Å². The fourth-order valence-electron chi connectivity index (χ4n) is 4.07. The van der Waals surface area contributed by atoms with Crippen molar-refractivity contribution in [2.75, 3.05) is 5.32 Å². The summed E-state index contributed by atoms with van der Waals surface area (Å²) in [5.74, 6) is 0.349. The molecular weight excluding hydrogens is 465 g/mol. The van der Waals surface area contributed by atoms with E-state index in [4.69, 9.17) is 0 Å². The molecule has 2 heterocycles. The number of para-hydroxylation sites is 2. The molecule has 0 aliphatic rings. The van der Waals surface area contributed by atoms with Crippen LogP contribution in [0.5, 0.6) is 0 Å². The Kier molecular flexibility index (Phi) is 5.80. The maximum Gasteiger partial charge on any atom is 0.416 e. The number of halogens is 3. The number of rotatable bonds is 4. The lowest BCUT2D eigenvalue weighted by molar-refractivity contribution is -0.137. The third-order valence-corrected chi connectivity index (χ3v) is 6.01. The smallest absolute Gasteiger partial charge is 0.338 e. The lowest BCUT2D eigenvalue weighted by Gasteiger charge is -2.12. The number of aryl methyl sites for hydroxylation is 2. The van der Waals surface area contributed by atoms with E-state index >= 15 is 0 Å². The van der Waals surface area contributed by atoms with Gasteiger partial charge in [-0.3, -0.25) is 9.78 Å². The molecule has 0 fully saturated rings. The molecule has 2 N–H and O–H groups in total. The Morgan fingerprint density at radius 1 is 0.917 bits per heavy atom. The third kappa shape index (κ3) is 4.57. The molecule has 5 rings (SSSR count). The zero-order valence-corrected chi connectivity index (χ0v) is 19.4. The average Bonchev–Trinajstić information content (AvgIpc) is 3.29. The number of nitrogens with one attached hydrogen (secondary N) is 2. The molecule has 3 aromatic carbocycles. The summed E-state index contributed by atoms with van der Waals surface area (Å²) in [6.07, 6.45) is -2.79. The van der Waals surface area contributed by atoms with Crippen molar-refractivity contribution in [3.05, 3.63) is 101 Å². The number of alkyl halides is 3. The van der Waals surface area contributed by atoms with Crippen molar-refractivity contribution in [1.29, 1.82) is 0 Å². The molecule has 0 saturated carbocycles. The summed E-state index contributed by atoms with van der Waals surface area (Å²) in [6.45, 7) is 3.66. The molecule has 180 valence electrons. The summed E-state index contributed by atoms with van der Waals surface area (Å²) in [6, 6.07) is 19.6. The van der Waals surface area contributed by atoms with E-state index in [9.17, 15) is 18.0 Å². The normalized spacial score (nSPS) is 11.6. The Morgan fingerprint density at radius 3 is 2.33 bits per heavy atom. The molecule has 0 aliphatic heterocycles. The van der Waals surface area contributed by atoms with Gasteiger partial charge in [0.25, 0.3) is 5.91 Å². The fraction of sp³-hybridized carbons (Fsp3) is 0.107. The van der Waals surface area contributed by atoms with E-state index in [-0.39, 0.29) is 5.91 Å². The van der Waals surface area contributed by atoms with Crippen molar-refractivity contribution in [3.63, 3.8) is 0 Å². The summed E-state index contributed by atoms with van der Waals surface area (Å²) >= 11 is 0. The zero-order chi connectivity index (χ0) is 25.4. The molecule has 5 nitrogen and oxygen atoms in total. The Labute approximate surface area is 205 Å². The van der Waals surface area contributed by atoms with Crippen LogP contribution >= 0.6 is 0 Å². The van der Waals surface area contributed by atoms with Gasteiger partial charge >= 0.3 is 6.18 Å². The van der Waals surface area contributed by atoms with E-state index < -0.39 is 11.7 Å². The van der Waals surface area contributed by atoms with Crippen molar-refractivity contribution in [1.82, 2.24) is 15.0 Å². The number of carbonyl (C=O) groups is 1. The minimum Gasteiger partial charge on any atom is -0.338 e. The summed E-state index contributed by atoms with van der Waals surface area (Å²) in [4.78, 5) is 25.3. The molecule has 36 heavy (non-hydrogen) atoms. The average molecular weight is 486 g/mol. The maximum atomic E-state index is 13.0. The monoisotopic (exact) mass is 486 g/mol. The molecule has 8 heteroatoms. The number of amides is 1. The van der Waals surface area contributed by atoms with Crippen LogP contribution in [-0.2, 0) is 6.18 Å². The molecular formula is C28H21F3N4O. The van der Waals surface area contributed by atoms with Crippen LogP contribution in [0.15, 0.2) is 79.0 Å². The molecule has 0 bridgehead atoms. The van der Waals surface area contributed by atoms with Gasteiger partial charge in [0.1, 0.15) is 5.82 Å². The number of aromatic nitrogens is 3. The Morgan fingerprint density at radius 2 is 1.64 bits per heavy atom. The van der Waals surface area contributed by atoms with Crippen LogP contribution in [0.25, 0.3) is 33.5 Å². The summed E-state index contributed by atoms with van der Waals surface area (Å²) < 4.78 is 38.5. The number of carbonyl (C=O) groups excluding carboxylic acids is 1. The zero-order valence-electron chi connectivity index (χ0n) is 19.4. The van der Waals surface area contributed by atoms with E-state index in [1.54, 1.807) is 31.3 Å². The SMILES string of the molecule is Cc1cc(-c2ccc(C(F)(F)F)cc2)ccc1C(=O)Nc1cnc(C)c(-c2nc3ccccc3[nH]2)c1. The van der Waals surface area contributed by atoms with Crippen LogP contribution in [-0.4, -0.2) is 20.9 Å². The molecule has 1 amide bonds. The van der Waals surface area contributed by atoms with Gasteiger partial charge in [-0.25, -0.2) is 4.98 Å². The number of hydrogen-bond acceptors (Lipinski definition) is 3. The fourth-order valence-corrected chi connectivity index (χ4v) is 4.07. The third-order valence-electron chi connectivity index (χ3n) is 6.01. The lowest BCUT2D eigenvalue weighted by Crippen LogP contribution is -2.14. The summed E-state index contributed by atoms with van der Waals surface area (Å²) in [5, 5.41) is 2.89. The summed E-state index contributed by atoms with van der Waals surface area (Å²) in [7, 11) is 0. The molecule has 0 unspecified atom stereocenters. The minimum absolute atomic E-state index is 0.312. The maximum absolute atomic E-state index is 13.0. The second kappa shape index (κ2) is 8.96. The van der Waals surface area contributed by atoms with Crippen molar-refractivity contribution >= 4 is 22.6 Å². The van der Waals surface area contributed by atoms with Crippen molar-refractivity contribution in [3.8, 4) is 22.5 Å². The van der Waals surface area contributed by atoms with Gasteiger partial charge in [-0.2, -0.15) is 13.2 Å². The molecule has 0 saturated heterocycles. The van der Waals surface area contributed by atoms with Crippen LogP contribution in [0.3, 0.4) is 0 Å².